The Morgan fingerprint density at radius 1 is 1.40 bits per heavy atom. The van der Waals surface area contributed by atoms with Crippen LogP contribution in [0.2, 0.25) is 0 Å². The van der Waals surface area contributed by atoms with E-state index in [0.29, 0.717) is 13.2 Å². The van der Waals surface area contributed by atoms with Crippen molar-refractivity contribution in [2.75, 3.05) is 38.9 Å². The normalized spacial score (nSPS) is 10.2. The number of methoxy groups -OCH3 is 1. The Balaban J connectivity index is 2.65. The highest BCUT2D eigenvalue weighted by atomic mass is 32.2. The fraction of sp³-hybridized carbons (Fsp3) is 1.00. The second kappa shape index (κ2) is 9.23. The Morgan fingerprint density at radius 3 is 2.80 bits per heavy atom. The molecule has 0 saturated heterocycles. The van der Waals surface area contributed by atoms with E-state index in [1.54, 1.807) is 18.9 Å². The van der Waals surface area contributed by atoms with Crippen molar-refractivity contribution in [3.8, 4) is 0 Å². The molecule has 0 heterocycles. The molecule has 0 aliphatic rings. The molecule has 0 amide bonds. The maximum Gasteiger partial charge on any atom is 0.0915 e. The molecule has 1 N–H and O–H groups in total. The smallest absolute Gasteiger partial charge is 0.0915 e. The minimum Gasteiger partial charge on any atom is -0.382 e. The summed E-state index contributed by atoms with van der Waals surface area (Å²) < 4.78 is 4.78. The molecule has 0 fully saturated rings. The van der Waals surface area contributed by atoms with Crippen molar-refractivity contribution < 1.29 is 9.57 Å². The number of ether oxygens (including phenoxy) is 1. The lowest BCUT2D eigenvalue weighted by Crippen LogP contribution is -2.20. The average Bonchev–Trinajstić information content (AvgIpc) is 1.97. The molecular formula is C6H15NO2S. The van der Waals surface area contributed by atoms with E-state index in [-0.39, 0.29) is 0 Å². The molecule has 0 spiro atoms. The molecule has 4 heteroatoms. The molecule has 0 aromatic heterocycles. The number of hydrogen-bond donors (Lipinski definition) is 1. The Morgan fingerprint density at radius 2 is 2.20 bits per heavy atom. The first kappa shape index (κ1) is 10.2. The SMILES string of the molecule is COCCONCCSC. The van der Waals surface area contributed by atoms with Crippen LogP contribution in [0, 0.1) is 0 Å². The fourth-order valence-electron chi connectivity index (χ4n) is 0.413. The van der Waals surface area contributed by atoms with Crippen LogP contribution < -0.4 is 5.48 Å². The van der Waals surface area contributed by atoms with Gasteiger partial charge in [-0.25, -0.2) is 5.48 Å². The van der Waals surface area contributed by atoms with Gasteiger partial charge in [0.05, 0.1) is 13.2 Å². The predicted octanol–water partition coefficient (Wildman–Crippen LogP) is 0.517. The van der Waals surface area contributed by atoms with Crippen molar-refractivity contribution in [2.45, 2.75) is 0 Å². The van der Waals surface area contributed by atoms with Gasteiger partial charge in [-0.3, -0.25) is 4.84 Å². The van der Waals surface area contributed by atoms with Gasteiger partial charge in [0.15, 0.2) is 0 Å². The summed E-state index contributed by atoms with van der Waals surface area (Å²) in [5, 5.41) is 0. The van der Waals surface area contributed by atoms with Gasteiger partial charge in [-0.05, 0) is 6.26 Å². The lowest BCUT2D eigenvalue weighted by atomic mass is 10.8. The maximum absolute atomic E-state index is 4.99. The van der Waals surface area contributed by atoms with Crippen LogP contribution in [0.3, 0.4) is 0 Å². The molecule has 0 atom stereocenters. The summed E-state index contributed by atoms with van der Waals surface area (Å²) in [6.45, 7) is 2.15. The van der Waals surface area contributed by atoms with Crippen LogP contribution in [0.5, 0.6) is 0 Å². The van der Waals surface area contributed by atoms with Gasteiger partial charge in [0.1, 0.15) is 0 Å². The first-order chi connectivity index (χ1) is 4.91. The van der Waals surface area contributed by atoms with Crippen molar-refractivity contribution >= 4 is 11.8 Å². The largest absolute Gasteiger partial charge is 0.382 e. The highest BCUT2D eigenvalue weighted by Gasteiger charge is 1.85. The van der Waals surface area contributed by atoms with Crippen LogP contribution in [0.4, 0.5) is 0 Å². The third-order valence-corrected chi connectivity index (χ3v) is 1.51. The standard InChI is InChI=1S/C6H15NO2S/c1-8-4-5-9-7-3-6-10-2/h7H,3-6H2,1-2H3. The molecule has 62 valence electrons. The molecule has 0 bridgehead atoms. The van der Waals surface area contributed by atoms with Crippen molar-refractivity contribution in [2.24, 2.45) is 0 Å². The molecule has 3 nitrogen and oxygen atoms in total. The predicted molar refractivity (Wildman–Crippen MR) is 44.2 cm³/mol. The number of rotatable bonds is 7. The zero-order valence-electron chi connectivity index (χ0n) is 6.55. The molecule has 0 aliphatic heterocycles. The van der Waals surface area contributed by atoms with Crippen molar-refractivity contribution in [1.82, 2.24) is 5.48 Å². The second-order valence-electron chi connectivity index (χ2n) is 1.73. The van der Waals surface area contributed by atoms with Gasteiger partial charge in [0.2, 0.25) is 0 Å². The van der Waals surface area contributed by atoms with E-state index in [0.717, 1.165) is 12.3 Å². The highest BCUT2D eigenvalue weighted by molar-refractivity contribution is 7.98. The Hall–Kier alpha value is 0.230. The van der Waals surface area contributed by atoms with Crippen molar-refractivity contribution in [3.63, 3.8) is 0 Å². The van der Waals surface area contributed by atoms with E-state index in [4.69, 9.17) is 9.57 Å². The molecule has 0 rings (SSSR count). The monoisotopic (exact) mass is 165 g/mol. The van der Waals surface area contributed by atoms with Gasteiger partial charge in [-0.1, -0.05) is 0 Å². The Labute approximate surface area is 66.4 Å². The van der Waals surface area contributed by atoms with Crippen molar-refractivity contribution in [1.29, 1.82) is 0 Å². The zero-order chi connectivity index (χ0) is 7.66. The Bertz CT molecular complexity index is 55.7. The van der Waals surface area contributed by atoms with Crippen LogP contribution in [0.1, 0.15) is 0 Å². The zero-order valence-corrected chi connectivity index (χ0v) is 7.37. The van der Waals surface area contributed by atoms with Gasteiger partial charge >= 0.3 is 0 Å². The minimum atomic E-state index is 0.616. The number of hydrogen-bond acceptors (Lipinski definition) is 4. The van der Waals surface area contributed by atoms with Crippen LogP contribution >= 0.6 is 11.8 Å². The summed E-state index contributed by atoms with van der Waals surface area (Å²) in [5.41, 5.74) is 2.82. The molecule has 0 aliphatic carbocycles. The van der Waals surface area contributed by atoms with Crippen LogP contribution in [-0.2, 0) is 9.57 Å². The molecule has 0 aromatic rings. The van der Waals surface area contributed by atoms with E-state index in [9.17, 15) is 0 Å². The highest BCUT2D eigenvalue weighted by Crippen LogP contribution is 1.86. The lowest BCUT2D eigenvalue weighted by Gasteiger charge is -2.02. The summed E-state index contributed by atoms with van der Waals surface area (Å²) in [4.78, 5) is 4.99. The molecule has 0 radical (unpaired) electrons. The van der Waals surface area contributed by atoms with Gasteiger partial charge < -0.3 is 4.74 Å². The summed E-state index contributed by atoms with van der Waals surface area (Å²) in [7, 11) is 1.66. The number of thioether (sulfide) groups is 1. The maximum atomic E-state index is 4.99. The molecule has 0 saturated carbocycles. The Kier molecular flexibility index (Phi) is 9.44. The van der Waals surface area contributed by atoms with Gasteiger partial charge in [-0.15, -0.1) is 0 Å². The van der Waals surface area contributed by atoms with E-state index in [1.165, 1.54) is 0 Å². The third kappa shape index (κ3) is 8.23. The lowest BCUT2D eigenvalue weighted by molar-refractivity contribution is 0.00995. The van der Waals surface area contributed by atoms with Crippen LogP contribution in [0.25, 0.3) is 0 Å². The second-order valence-corrected chi connectivity index (χ2v) is 2.71. The van der Waals surface area contributed by atoms with E-state index in [2.05, 4.69) is 11.7 Å². The van der Waals surface area contributed by atoms with Crippen molar-refractivity contribution in [3.05, 3.63) is 0 Å². The van der Waals surface area contributed by atoms with Gasteiger partial charge in [-0.2, -0.15) is 11.8 Å². The van der Waals surface area contributed by atoms with E-state index in [1.807, 2.05) is 0 Å². The summed E-state index contributed by atoms with van der Waals surface area (Å²) >= 11 is 1.79. The van der Waals surface area contributed by atoms with E-state index >= 15 is 0 Å². The number of nitrogens with one attached hydrogen (secondary N) is 1. The summed E-state index contributed by atoms with van der Waals surface area (Å²) in [6, 6.07) is 0. The molecular weight excluding hydrogens is 150 g/mol. The average molecular weight is 165 g/mol. The fourth-order valence-corrected chi connectivity index (χ4v) is 0.701. The molecule has 0 aromatic carbocycles. The third-order valence-electron chi connectivity index (χ3n) is 0.900. The topological polar surface area (TPSA) is 30.5 Å². The molecule has 0 unspecified atom stereocenters. The van der Waals surface area contributed by atoms with Gasteiger partial charge in [0.25, 0.3) is 0 Å². The summed E-state index contributed by atoms with van der Waals surface area (Å²) in [5.74, 6) is 1.08. The summed E-state index contributed by atoms with van der Waals surface area (Å²) in [6.07, 6.45) is 2.07. The first-order valence-corrected chi connectivity index (χ1v) is 4.63. The molecule has 10 heavy (non-hydrogen) atoms. The van der Waals surface area contributed by atoms with E-state index < -0.39 is 0 Å². The number of hydroxylamine groups is 1. The van der Waals surface area contributed by atoms with Crippen LogP contribution in [-0.4, -0.2) is 38.9 Å². The van der Waals surface area contributed by atoms with Crippen LogP contribution in [0.15, 0.2) is 0 Å². The van der Waals surface area contributed by atoms with Gasteiger partial charge in [0, 0.05) is 19.4 Å². The first-order valence-electron chi connectivity index (χ1n) is 3.24. The quantitative estimate of drug-likeness (QED) is 0.440. The minimum absolute atomic E-state index is 0.616.